The number of carbonyl (C=O) groups is 1. The molecule has 3 nitrogen and oxygen atoms in total. The van der Waals surface area contributed by atoms with Crippen LogP contribution in [0.2, 0.25) is 0 Å². The number of hydrogen-bond donors (Lipinski definition) is 1. The molecule has 94 valence electrons. The van der Waals surface area contributed by atoms with Crippen molar-refractivity contribution in [2.45, 2.75) is 32.9 Å². The van der Waals surface area contributed by atoms with E-state index < -0.39 is 11.7 Å². The monoisotopic (exact) mass is 351 g/mol. The van der Waals surface area contributed by atoms with Crippen LogP contribution >= 0.6 is 22.6 Å². The second kappa shape index (κ2) is 5.66. The summed E-state index contributed by atoms with van der Waals surface area (Å²) in [5, 5.41) is 2.53. The maximum atomic E-state index is 13.4. The van der Waals surface area contributed by atoms with Crippen molar-refractivity contribution >= 4 is 28.7 Å². The number of rotatable bonds is 2. The van der Waals surface area contributed by atoms with Gasteiger partial charge in [0.2, 0.25) is 0 Å². The molecule has 1 aromatic carbocycles. The molecular weight excluding hydrogens is 336 g/mol. The minimum absolute atomic E-state index is 0.125. The molecule has 17 heavy (non-hydrogen) atoms. The van der Waals surface area contributed by atoms with Crippen molar-refractivity contribution < 1.29 is 13.9 Å². The zero-order valence-corrected chi connectivity index (χ0v) is 12.2. The minimum atomic E-state index is -0.549. The highest BCUT2D eigenvalue weighted by atomic mass is 127. The molecule has 0 aliphatic heterocycles. The van der Waals surface area contributed by atoms with E-state index in [1.54, 1.807) is 32.9 Å². The minimum Gasteiger partial charge on any atom is -0.444 e. The zero-order valence-electron chi connectivity index (χ0n) is 10.0. The SMILES string of the molecule is CC(C)(C)OC(=O)NCc1c(F)cccc1I. The van der Waals surface area contributed by atoms with Gasteiger partial charge in [-0.1, -0.05) is 6.07 Å². The fourth-order valence-electron chi connectivity index (χ4n) is 1.18. The second-order valence-electron chi connectivity index (χ2n) is 4.56. The maximum Gasteiger partial charge on any atom is 0.407 e. The van der Waals surface area contributed by atoms with E-state index in [0.717, 1.165) is 3.57 Å². The Balaban J connectivity index is 2.59. The predicted octanol–water partition coefficient (Wildman–Crippen LogP) is 3.46. The highest BCUT2D eigenvalue weighted by Gasteiger charge is 2.16. The van der Waals surface area contributed by atoms with E-state index in [2.05, 4.69) is 5.32 Å². The number of halogens is 2. The van der Waals surface area contributed by atoms with Gasteiger partial charge in [0.1, 0.15) is 11.4 Å². The fourth-order valence-corrected chi connectivity index (χ4v) is 1.83. The molecule has 1 N–H and O–H groups in total. The van der Waals surface area contributed by atoms with Crippen molar-refractivity contribution in [2.24, 2.45) is 0 Å². The van der Waals surface area contributed by atoms with Gasteiger partial charge in [0.15, 0.2) is 0 Å². The third-order valence-electron chi connectivity index (χ3n) is 1.87. The van der Waals surface area contributed by atoms with Crippen LogP contribution in [0.1, 0.15) is 26.3 Å². The third-order valence-corrected chi connectivity index (χ3v) is 2.88. The topological polar surface area (TPSA) is 38.3 Å². The van der Waals surface area contributed by atoms with Gasteiger partial charge in [-0.3, -0.25) is 0 Å². The van der Waals surface area contributed by atoms with E-state index in [1.807, 2.05) is 22.6 Å². The second-order valence-corrected chi connectivity index (χ2v) is 5.72. The molecule has 0 fully saturated rings. The van der Waals surface area contributed by atoms with Crippen molar-refractivity contribution in [1.82, 2.24) is 5.32 Å². The van der Waals surface area contributed by atoms with Crippen LogP contribution < -0.4 is 5.32 Å². The van der Waals surface area contributed by atoms with E-state index >= 15 is 0 Å². The molecule has 0 radical (unpaired) electrons. The van der Waals surface area contributed by atoms with Crippen LogP contribution in [-0.2, 0) is 11.3 Å². The van der Waals surface area contributed by atoms with Gasteiger partial charge in [-0.15, -0.1) is 0 Å². The van der Waals surface area contributed by atoms with Crippen LogP contribution in [0.15, 0.2) is 18.2 Å². The van der Waals surface area contributed by atoms with Crippen LogP contribution in [0.4, 0.5) is 9.18 Å². The lowest BCUT2D eigenvalue weighted by molar-refractivity contribution is 0.0523. The summed E-state index contributed by atoms with van der Waals surface area (Å²) in [7, 11) is 0. The third kappa shape index (κ3) is 4.89. The Morgan fingerprint density at radius 2 is 2.12 bits per heavy atom. The van der Waals surface area contributed by atoms with E-state index in [4.69, 9.17) is 4.74 Å². The highest BCUT2D eigenvalue weighted by Crippen LogP contribution is 2.15. The van der Waals surface area contributed by atoms with E-state index in [1.165, 1.54) is 6.07 Å². The summed E-state index contributed by atoms with van der Waals surface area (Å²) < 4.78 is 19.3. The molecule has 1 rings (SSSR count). The first kappa shape index (κ1) is 14.2. The van der Waals surface area contributed by atoms with Gasteiger partial charge in [0.05, 0.1) is 6.54 Å². The van der Waals surface area contributed by atoms with Gasteiger partial charge in [-0.25, -0.2) is 9.18 Å². The molecule has 0 saturated carbocycles. The molecule has 0 aliphatic rings. The van der Waals surface area contributed by atoms with E-state index in [-0.39, 0.29) is 12.4 Å². The van der Waals surface area contributed by atoms with Crippen molar-refractivity contribution in [3.63, 3.8) is 0 Å². The predicted molar refractivity (Wildman–Crippen MR) is 72.2 cm³/mol. The molecule has 5 heteroatoms. The van der Waals surface area contributed by atoms with Crippen molar-refractivity contribution in [3.05, 3.63) is 33.1 Å². The largest absolute Gasteiger partial charge is 0.444 e. The normalized spacial score (nSPS) is 11.1. The smallest absolute Gasteiger partial charge is 0.407 e. The van der Waals surface area contributed by atoms with Crippen molar-refractivity contribution in [2.75, 3.05) is 0 Å². The zero-order chi connectivity index (χ0) is 13.1. The summed E-state index contributed by atoms with van der Waals surface area (Å²) in [4.78, 5) is 11.4. The highest BCUT2D eigenvalue weighted by molar-refractivity contribution is 14.1. The summed E-state index contributed by atoms with van der Waals surface area (Å²) in [5.41, 5.74) is -0.0779. The summed E-state index contributed by atoms with van der Waals surface area (Å²) in [6, 6.07) is 4.79. The molecule has 0 atom stereocenters. The van der Waals surface area contributed by atoms with E-state index in [0.29, 0.717) is 5.56 Å². The summed E-state index contributed by atoms with van der Waals surface area (Å²) >= 11 is 2.03. The number of hydrogen-bond acceptors (Lipinski definition) is 2. The molecule has 0 saturated heterocycles. The molecule has 0 bridgehead atoms. The Labute approximate surface area is 114 Å². The Bertz CT molecular complexity index is 395. The Morgan fingerprint density at radius 1 is 1.47 bits per heavy atom. The Morgan fingerprint density at radius 3 is 2.65 bits per heavy atom. The van der Waals surface area contributed by atoms with Crippen molar-refractivity contribution in [3.8, 4) is 0 Å². The molecule has 0 aliphatic carbocycles. The molecule has 1 amide bonds. The number of amides is 1. The lowest BCUT2D eigenvalue weighted by Gasteiger charge is -2.19. The molecule has 0 heterocycles. The first-order chi connectivity index (χ1) is 7.79. The molecule has 0 aromatic heterocycles. The van der Waals surface area contributed by atoms with Crippen LogP contribution in [0, 0.1) is 9.39 Å². The van der Waals surface area contributed by atoms with Gasteiger partial charge in [0, 0.05) is 9.13 Å². The van der Waals surface area contributed by atoms with Crippen LogP contribution in [0.5, 0.6) is 0 Å². The maximum absolute atomic E-state index is 13.4. The molecule has 1 aromatic rings. The average molecular weight is 351 g/mol. The average Bonchev–Trinajstić information content (AvgIpc) is 2.14. The Hall–Kier alpha value is -0.850. The molecular formula is C12H15FINO2. The number of nitrogens with one attached hydrogen (secondary N) is 1. The van der Waals surface area contributed by atoms with Gasteiger partial charge < -0.3 is 10.1 Å². The first-order valence-electron chi connectivity index (χ1n) is 5.19. The van der Waals surface area contributed by atoms with Gasteiger partial charge in [-0.2, -0.15) is 0 Å². The number of ether oxygens (including phenoxy) is 1. The summed E-state index contributed by atoms with van der Waals surface area (Å²) in [6.07, 6.45) is -0.545. The fraction of sp³-hybridized carbons (Fsp3) is 0.417. The Kier molecular flexibility index (Phi) is 4.73. The number of alkyl carbamates (subject to hydrolysis) is 1. The standard InChI is InChI=1S/C12H15FINO2/c1-12(2,3)17-11(16)15-7-8-9(13)5-4-6-10(8)14/h4-6H,7H2,1-3H3,(H,15,16). The first-order valence-corrected chi connectivity index (χ1v) is 6.27. The lowest BCUT2D eigenvalue weighted by atomic mass is 10.2. The summed E-state index contributed by atoms with van der Waals surface area (Å²) in [5.74, 6) is -0.326. The van der Waals surface area contributed by atoms with Gasteiger partial charge >= 0.3 is 6.09 Å². The quantitative estimate of drug-likeness (QED) is 0.829. The van der Waals surface area contributed by atoms with E-state index in [9.17, 15) is 9.18 Å². The van der Waals surface area contributed by atoms with Crippen LogP contribution in [-0.4, -0.2) is 11.7 Å². The lowest BCUT2D eigenvalue weighted by Crippen LogP contribution is -2.32. The number of benzene rings is 1. The summed E-state index contributed by atoms with van der Waals surface area (Å²) in [6.45, 7) is 5.46. The van der Waals surface area contributed by atoms with Gasteiger partial charge in [0.25, 0.3) is 0 Å². The van der Waals surface area contributed by atoms with Gasteiger partial charge in [-0.05, 0) is 55.5 Å². The van der Waals surface area contributed by atoms with Crippen molar-refractivity contribution in [1.29, 1.82) is 0 Å². The molecule has 0 unspecified atom stereocenters. The number of carbonyl (C=O) groups excluding carboxylic acids is 1. The van der Waals surface area contributed by atoms with Crippen LogP contribution in [0.25, 0.3) is 0 Å². The van der Waals surface area contributed by atoms with Crippen LogP contribution in [0.3, 0.4) is 0 Å². The molecule has 0 spiro atoms.